The largest absolute Gasteiger partial charge is 0.385 e. The van der Waals surface area contributed by atoms with E-state index in [2.05, 4.69) is 50.4 Å². The number of rotatable bonds is 7. The molecule has 2 rings (SSSR count). The van der Waals surface area contributed by atoms with Gasteiger partial charge >= 0.3 is 0 Å². The summed E-state index contributed by atoms with van der Waals surface area (Å²) in [6.07, 6.45) is 11.7. The molecule has 2 heteroatoms. The van der Waals surface area contributed by atoms with Gasteiger partial charge in [-0.25, -0.2) is 4.39 Å². The zero-order valence-electron chi connectivity index (χ0n) is 16.8. The van der Waals surface area contributed by atoms with Crippen LogP contribution in [-0.2, 0) is 6.42 Å². The van der Waals surface area contributed by atoms with Gasteiger partial charge < -0.3 is 5.32 Å². The fourth-order valence-electron chi connectivity index (χ4n) is 3.60. The van der Waals surface area contributed by atoms with E-state index in [1.54, 1.807) is 6.07 Å². The minimum Gasteiger partial charge on any atom is -0.385 e. The number of hydrogen-bond donors (Lipinski definition) is 1. The van der Waals surface area contributed by atoms with Crippen molar-refractivity contribution in [3.63, 3.8) is 0 Å². The maximum atomic E-state index is 14.6. The Morgan fingerprint density at radius 1 is 1.27 bits per heavy atom. The summed E-state index contributed by atoms with van der Waals surface area (Å²) in [6.45, 7) is 11.5. The maximum Gasteiger partial charge on any atom is 0.128 e. The molecule has 0 saturated heterocycles. The van der Waals surface area contributed by atoms with E-state index in [9.17, 15) is 4.39 Å². The van der Waals surface area contributed by atoms with Crippen molar-refractivity contribution in [2.24, 2.45) is 5.92 Å². The van der Waals surface area contributed by atoms with Crippen LogP contribution in [0.15, 0.2) is 64.8 Å². The van der Waals surface area contributed by atoms with Gasteiger partial charge in [0.25, 0.3) is 0 Å². The Hall–Kier alpha value is -2.09. The fraction of sp³-hybridized carbons (Fsp3) is 0.417. The first-order chi connectivity index (χ1) is 12.5. The molecular formula is C24H32FN. The number of nitrogens with one attached hydrogen (secondary N) is 1. The highest BCUT2D eigenvalue weighted by Crippen LogP contribution is 2.33. The summed E-state index contributed by atoms with van der Waals surface area (Å²) in [5.74, 6) is 0.213. The molecule has 0 aliphatic heterocycles. The van der Waals surface area contributed by atoms with Gasteiger partial charge in [-0.05, 0) is 67.5 Å². The molecule has 1 N–H and O–H groups in total. The first-order valence-electron chi connectivity index (χ1n) is 9.77. The van der Waals surface area contributed by atoms with Crippen LogP contribution in [0.3, 0.4) is 0 Å². The molecule has 1 unspecified atom stereocenters. The average molecular weight is 354 g/mol. The predicted octanol–water partition coefficient (Wildman–Crippen LogP) is 7.00. The quantitative estimate of drug-likeness (QED) is 0.556. The van der Waals surface area contributed by atoms with E-state index in [1.807, 2.05) is 26.0 Å². The summed E-state index contributed by atoms with van der Waals surface area (Å²) in [5, 5.41) is 3.17. The monoisotopic (exact) mass is 353 g/mol. The molecule has 1 aromatic rings. The predicted molar refractivity (Wildman–Crippen MR) is 112 cm³/mol. The first kappa shape index (κ1) is 20.2. The average Bonchev–Trinajstić information content (AvgIpc) is 2.59. The zero-order chi connectivity index (χ0) is 19.1. The van der Waals surface area contributed by atoms with Crippen molar-refractivity contribution in [1.82, 2.24) is 0 Å². The van der Waals surface area contributed by atoms with E-state index in [1.165, 1.54) is 22.3 Å². The van der Waals surface area contributed by atoms with Gasteiger partial charge in [0, 0.05) is 18.7 Å². The van der Waals surface area contributed by atoms with Crippen LogP contribution in [0.2, 0.25) is 0 Å². The second kappa shape index (κ2) is 9.56. The van der Waals surface area contributed by atoms with Crippen molar-refractivity contribution in [3.05, 3.63) is 76.2 Å². The fourth-order valence-corrected chi connectivity index (χ4v) is 3.60. The molecule has 1 aromatic carbocycles. The highest BCUT2D eigenvalue weighted by Gasteiger charge is 2.17. The third-order valence-corrected chi connectivity index (χ3v) is 4.90. The molecule has 0 heterocycles. The van der Waals surface area contributed by atoms with Gasteiger partial charge in [0.1, 0.15) is 5.82 Å². The lowest BCUT2D eigenvalue weighted by Gasteiger charge is -2.23. The number of halogens is 1. The Kier molecular flexibility index (Phi) is 7.44. The van der Waals surface area contributed by atoms with Gasteiger partial charge in [0.15, 0.2) is 0 Å². The van der Waals surface area contributed by atoms with Crippen LogP contribution < -0.4 is 5.32 Å². The number of allylic oxidation sites excluding steroid dienone is 8. The maximum absolute atomic E-state index is 14.6. The second-order valence-electron chi connectivity index (χ2n) is 7.05. The lowest BCUT2D eigenvalue weighted by molar-refractivity contribution is 0.614. The lowest BCUT2D eigenvalue weighted by Crippen LogP contribution is -2.08. The Labute approximate surface area is 158 Å². The molecule has 26 heavy (non-hydrogen) atoms. The molecule has 0 saturated carbocycles. The van der Waals surface area contributed by atoms with Gasteiger partial charge in [0.2, 0.25) is 0 Å². The van der Waals surface area contributed by atoms with E-state index in [-0.39, 0.29) is 5.82 Å². The first-order valence-corrected chi connectivity index (χ1v) is 9.77. The Bertz CT molecular complexity index is 749. The van der Waals surface area contributed by atoms with Crippen molar-refractivity contribution in [1.29, 1.82) is 0 Å². The highest BCUT2D eigenvalue weighted by atomic mass is 19.1. The van der Waals surface area contributed by atoms with E-state index < -0.39 is 0 Å². The lowest BCUT2D eigenvalue weighted by atomic mass is 9.82. The van der Waals surface area contributed by atoms with Crippen LogP contribution in [0.4, 0.5) is 10.1 Å². The van der Waals surface area contributed by atoms with Gasteiger partial charge in [0.05, 0.1) is 0 Å². The van der Waals surface area contributed by atoms with Crippen LogP contribution in [0.1, 0.15) is 53.0 Å². The van der Waals surface area contributed by atoms with Crippen molar-refractivity contribution in [2.45, 2.75) is 53.9 Å². The van der Waals surface area contributed by atoms with Crippen molar-refractivity contribution in [2.75, 3.05) is 11.9 Å². The molecule has 0 aromatic heterocycles. The molecule has 1 atom stereocenters. The summed E-state index contributed by atoms with van der Waals surface area (Å²) in [5.41, 5.74) is 6.88. The number of benzene rings is 1. The van der Waals surface area contributed by atoms with Crippen LogP contribution in [0, 0.1) is 11.7 Å². The Morgan fingerprint density at radius 3 is 2.65 bits per heavy atom. The Morgan fingerprint density at radius 2 is 2.04 bits per heavy atom. The standard InChI is InChI=1S/C24H32FN/c1-6-9-19-15-23(18(5)13-17(19)4)20(10-7-2)14-21-11-12-22(26-8-3)16-24(21)25/h7,10-13,15-16,18,26H,6,8-9,14H2,1-5H3/b10-7-,23-20+. The molecule has 0 bridgehead atoms. The third kappa shape index (κ3) is 4.97. The van der Waals surface area contributed by atoms with Crippen molar-refractivity contribution < 1.29 is 4.39 Å². The molecule has 1 aliphatic carbocycles. The van der Waals surface area contributed by atoms with Crippen LogP contribution >= 0.6 is 0 Å². The minimum atomic E-state index is -0.140. The minimum absolute atomic E-state index is 0.140. The normalized spacial score (nSPS) is 19.4. The third-order valence-electron chi connectivity index (χ3n) is 4.90. The van der Waals surface area contributed by atoms with Crippen molar-refractivity contribution >= 4 is 5.69 Å². The van der Waals surface area contributed by atoms with Crippen LogP contribution in [-0.4, -0.2) is 6.54 Å². The van der Waals surface area contributed by atoms with Crippen LogP contribution in [0.25, 0.3) is 0 Å². The zero-order valence-corrected chi connectivity index (χ0v) is 16.8. The topological polar surface area (TPSA) is 12.0 Å². The Balaban J connectivity index is 2.40. The molecule has 0 amide bonds. The van der Waals surface area contributed by atoms with Crippen molar-refractivity contribution in [3.8, 4) is 0 Å². The molecular weight excluding hydrogens is 321 g/mol. The summed E-state index contributed by atoms with van der Waals surface area (Å²) in [7, 11) is 0. The molecule has 1 aliphatic rings. The highest BCUT2D eigenvalue weighted by molar-refractivity contribution is 5.51. The molecule has 0 spiro atoms. The van der Waals surface area contributed by atoms with E-state index in [4.69, 9.17) is 0 Å². The number of anilines is 1. The summed E-state index contributed by atoms with van der Waals surface area (Å²) < 4.78 is 14.6. The van der Waals surface area contributed by atoms with E-state index in [0.717, 1.165) is 30.6 Å². The summed E-state index contributed by atoms with van der Waals surface area (Å²) in [4.78, 5) is 0. The van der Waals surface area contributed by atoms with Crippen LogP contribution in [0.5, 0.6) is 0 Å². The van der Waals surface area contributed by atoms with Gasteiger partial charge in [-0.2, -0.15) is 0 Å². The van der Waals surface area contributed by atoms with Gasteiger partial charge in [-0.15, -0.1) is 0 Å². The summed E-state index contributed by atoms with van der Waals surface area (Å²) >= 11 is 0. The van der Waals surface area contributed by atoms with E-state index in [0.29, 0.717) is 12.3 Å². The smallest absolute Gasteiger partial charge is 0.128 e. The molecule has 0 radical (unpaired) electrons. The summed E-state index contributed by atoms with van der Waals surface area (Å²) in [6, 6.07) is 5.47. The second-order valence-corrected chi connectivity index (χ2v) is 7.05. The van der Waals surface area contributed by atoms with Gasteiger partial charge in [-0.3, -0.25) is 0 Å². The molecule has 140 valence electrons. The molecule has 1 nitrogen and oxygen atoms in total. The molecule has 0 fully saturated rings. The SMILES string of the molecule is C/C=C\C(Cc1ccc(NCC)cc1F)=C1\C=C(CCC)C(C)=CC1C. The van der Waals surface area contributed by atoms with E-state index >= 15 is 0 Å². The van der Waals surface area contributed by atoms with Gasteiger partial charge in [-0.1, -0.05) is 56.2 Å². The number of hydrogen-bond acceptors (Lipinski definition) is 1.